The van der Waals surface area contributed by atoms with Gasteiger partial charge in [-0.25, -0.2) is 9.78 Å². The maximum Gasteiger partial charge on any atom is 0.339 e. The second-order valence-corrected chi connectivity index (χ2v) is 4.82. The van der Waals surface area contributed by atoms with Crippen LogP contribution in [0.5, 0.6) is 0 Å². The van der Waals surface area contributed by atoms with E-state index in [9.17, 15) is 4.79 Å². The van der Waals surface area contributed by atoms with Crippen molar-refractivity contribution in [2.24, 2.45) is 0 Å². The van der Waals surface area contributed by atoms with Crippen LogP contribution in [0.1, 0.15) is 56.3 Å². The lowest BCUT2D eigenvalue weighted by atomic mass is 10.1. The highest BCUT2D eigenvalue weighted by atomic mass is 35.5. The van der Waals surface area contributed by atoms with Crippen molar-refractivity contribution in [3.8, 4) is 0 Å². The first-order valence-electron chi connectivity index (χ1n) is 6.46. The average Bonchev–Trinajstić information content (AvgIpc) is 2.35. The number of nitrogens with zero attached hydrogens (tertiary/aromatic N) is 1. The number of esters is 1. The summed E-state index contributed by atoms with van der Waals surface area (Å²) in [4.78, 5) is 15.6. The van der Waals surface area contributed by atoms with Crippen LogP contribution in [0.3, 0.4) is 0 Å². The van der Waals surface area contributed by atoms with E-state index in [1.807, 2.05) is 6.92 Å². The Hall–Kier alpha value is -1.09. The van der Waals surface area contributed by atoms with Crippen LogP contribution in [0.15, 0.2) is 18.3 Å². The normalized spacial score (nSPS) is 12.2. The van der Waals surface area contributed by atoms with E-state index in [0.29, 0.717) is 10.7 Å². The van der Waals surface area contributed by atoms with Crippen molar-refractivity contribution in [3.05, 3.63) is 29.0 Å². The molecule has 0 saturated heterocycles. The Morgan fingerprint density at radius 1 is 1.39 bits per heavy atom. The van der Waals surface area contributed by atoms with Crippen molar-refractivity contribution in [3.63, 3.8) is 0 Å². The Bertz CT molecular complexity index is 365. The summed E-state index contributed by atoms with van der Waals surface area (Å²) in [6.07, 6.45) is 7.04. The van der Waals surface area contributed by atoms with E-state index >= 15 is 0 Å². The molecule has 0 aliphatic rings. The summed E-state index contributed by atoms with van der Waals surface area (Å²) in [5, 5.41) is 0.374. The van der Waals surface area contributed by atoms with Gasteiger partial charge in [0.1, 0.15) is 5.15 Å². The fraction of sp³-hybridized carbons (Fsp3) is 0.571. The van der Waals surface area contributed by atoms with Gasteiger partial charge in [0.2, 0.25) is 0 Å². The lowest BCUT2D eigenvalue weighted by Crippen LogP contribution is -2.15. The predicted octanol–water partition coefficient (Wildman–Crippen LogP) is 4.25. The van der Waals surface area contributed by atoms with Gasteiger partial charge in [-0.1, -0.05) is 37.8 Å². The number of pyridine rings is 1. The predicted molar refractivity (Wildman–Crippen MR) is 72.9 cm³/mol. The lowest BCUT2D eigenvalue weighted by molar-refractivity contribution is 0.0319. The first kappa shape index (κ1) is 15.0. The van der Waals surface area contributed by atoms with E-state index in [1.165, 1.54) is 25.5 Å². The molecule has 0 aliphatic heterocycles. The van der Waals surface area contributed by atoms with Gasteiger partial charge < -0.3 is 4.74 Å². The van der Waals surface area contributed by atoms with Crippen LogP contribution >= 0.6 is 11.6 Å². The molecule has 1 heterocycles. The van der Waals surface area contributed by atoms with Gasteiger partial charge in [0.25, 0.3) is 0 Å². The van der Waals surface area contributed by atoms with Gasteiger partial charge in [-0.2, -0.15) is 0 Å². The zero-order valence-corrected chi connectivity index (χ0v) is 11.7. The number of ether oxygens (including phenoxy) is 1. The highest BCUT2D eigenvalue weighted by Crippen LogP contribution is 2.11. The minimum absolute atomic E-state index is 0.0509. The maximum atomic E-state index is 11.7. The van der Waals surface area contributed by atoms with E-state index in [0.717, 1.165) is 12.8 Å². The number of rotatable bonds is 7. The molecular weight excluding hydrogens is 250 g/mol. The minimum Gasteiger partial charge on any atom is -0.459 e. The minimum atomic E-state index is -0.331. The van der Waals surface area contributed by atoms with Gasteiger partial charge in [0, 0.05) is 6.20 Å². The molecular formula is C14H20ClNO2. The molecule has 0 amide bonds. The van der Waals surface area contributed by atoms with Gasteiger partial charge in [-0.05, 0) is 31.9 Å². The summed E-state index contributed by atoms with van der Waals surface area (Å²) in [5.74, 6) is -0.331. The molecule has 0 unspecified atom stereocenters. The van der Waals surface area contributed by atoms with Crippen LogP contribution in [-0.2, 0) is 4.74 Å². The fourth-order valence-electron chi connectivity index (χ4n) is 1.66. The number of aromatic nitrogens is 1. The summed E-state index contributed by atoms with van der Waals surface area (Å²) in [6, 6.07) is 3.21. The standard InChI is InChI=1S/C14H20ClNO2/c1-3-4-5-6-7-11(2)18-14(17)12-8-9-13(15)16-10-12/h8-11H,3-7H2,1-2H3/t11-/m1/s1. The fourth-order valence-corrected chi connectivity index (χ4v) is 1.78. The molecule has 1 aromatic rings. The van der Waals surface area contributed by atoms with Gasteiger partial charge in [0.05, 0.1) is 11.7 Å². The number of halogens is 1. The van der Waals surface area contributed by atoms with E-state index in [4.69, 9.17) is 16.3 Å². The van der Waals surface area contributed by atoms with Crippen LogP contribution in [0.25, 0.3) is 0 Å². The van der Waals surface area contributed by atoms with Gasteiger partial charge in [-0.15, -0.1) is 0 Å². The highest BCUT2D eigenvalue weighted by molar-refractivity contribution is 6.29. The Labute approximate surface area is 114 Å². The van der Waals surface area contributed by atoms with Gasteiger partial charge in [0.15, 0.2) is 0 Å². The molecule has 1 atom stereocenters. The first-order valence-corrected chi connectivity index (χ1v) is 6.83. The van der Waals surface area contributed by atoms with Crippen molar-refractivity contribution in [2.45, 2.75) is 52.1 Å². The molecule has 0 aliphatic carbocycles. The summed E-state index contributed by atoms with van der Waals surface area (Å²) in [5.41, 5.74) is 0.444. The van der Waals surface area contributed by atoms with Crippen molar-refractivity contribution in [2.75, 3.05) is 0 Å². The van der Waals surface area contributed by atoms with Crippen molar-refractivity contribution < 1.29 is 9.53 Å². The summed E-state index contributed by atoms with van der Waals surface area (Å²) < 4.78 is 5.33. The molecule has 0 fully saturated rings. The number of carbonyl (C=O) groups is 1. The topological polar surface area (TPSA) is 39.2 Å². The van der Waals surface area contributed by atoms with Crippen LogP contribution in [-0.4, -0.2) is 17.1 Å². The Morgan fingerprint density at radius 2 is 2.17 bits per heavy atom. The van der Waals surface area contributed by atoms with Gasteiger partial charge >= 0.3 is 5.97 Å². The third-order valence-electron chi connectivity index (χ3n) is 2.74. The monoisotopic (exact) mass is 269 g/mol. The summed E-state index contributed by atoms with van der Waals surface area (Å²) >= 11 is 5.66. The van der Waals surface area contributed by atoms with Crippen LogP contribution < -0.4 is 0 Å². The molecule has 3 nitrogen and oxygen atoms in total. The Balaban J connectivity index is 2.33. The lowest BCUT2D eigenvalue weighted by Gasteiger charge is -2.12. The first-order chi connectivity index (χ1) is 8.63. The molecule has 0 saturated carbocycles. The van der Waals surface area contributed by atoms with Crippen LogP contribution in [0.4, 0.5) is 0 Å². The van der Waals surface area contributed by atoms with E-state index in [1.54, 1.807) is 12.1 Å². The molecule has 0 bridgehead atoms. The third-order valence-corrected chi connectivity index (χ3v) is 2.96. The molecule has 18 heavy (non-hydrogen) atoms. The average molecular weight is 270 g/mol. The van der Waals surface area contributed by atoms with Crippen molar-refractivity contribution >= 4 is 17.6 Å². The zero-order valence-electron chi connectivity index (χ0n) is 11.0. The molecule has 0 spiro atoms. The number of hydrogen-bond donors (Lipinski definition) is 0. The zero-order chi connectivity index (χ0) is 13.4. The molecule has 1 aromatic heterocycles. The smallest absolute Gasteiger partial charge is 0.339 e. The summed E-state index contributed by atoms with van der Waals surface area (Å²) in [6.45, 7) is 4.10. The summed E-state index contributed by atoms with van der Waals surface area (Å²) in [7, 11) is 0. The maximum absolute atomic E-state index is 11.7. The highest BCUT2D eigenvalue weighted by Gasteiger charge is 2.11. The van der Waals surface area contributed by atoms with E-state index in [-0.39, 0.29) is 12.1 Å². The van der Waals surface area contributed by atoms with Gasteiger partial charge in [-0.3, -0.25) is 0 Å². The number of hydrogen-bond acceptors (Lipinski definition) is 3. The quantitative estimate of drug-likeness (QED) is 0.422. The number of carbonyl (C=O) groups excluding carboxylic acids is 1. The van der Waals surface area contributed by atoms with Crippen molar-refractivity contribution in [1.29, 1.82) is 0 Å². The Morgan fingerprint density at radius 3 is 2.78 bits per heavy atom. The molecule has 0 radical (unpaired) electrons. The molecule has 0 N–H and O–H groups in total. The van der Waals surface area contributed by atoms with E-state index < -0.39 is 0 Å². The number of unbranched alkanes of at least 4 members (excludes halogenated alkanes) is 3. The molecule has 4 heteroatoms. The van der Waals surface area contributed by atoms with E-state index in [2.05, 4.69) is 11.9 Å². The van der Waals surface area contributed by atoms with Crippen molar-refractivity contribution in [1.82, 2.24) is 4.98 Å². The molecule has 1 rings (SSSR count). The van der Waals surface area contributed by atoms with Crippen LogP contribution in [0.2, 0.25) is 5.15 Å². The second kappa shape index (κ2) is 8.09. The molecule has 0 aromatic carbocycles. The second-order valence-electron chi connectivity index (χ2n) is 4.43. The van der Waals surface area contributed by atoms with Crippen LogP contribution in [0, 0.1) is 0 Å². The third kappa shape index (κ3) is 5.50. The molecule has 100 valence electrons. The SMILES string of the molecule is CCCCCC[C@@H](C)OC(=O)c1ccc(Cl)nc1. The largest absolute Gasteiger partial charge is 0.459 e. The Kier molecular flexibility index (Phi) is 6.73.